The van der Waals surface area contributed by atoms with E-state index in [2.05, 4.69) is 25.8 Å². The van der Waals surface area contributed by atoms with Gasteiger partial charge in [-0.3, -0.25) is 4.79 Å². The Morgan fingerprint density at radius 1 is 1.33 bits per heavy atom. The van der Waals surface area contributed by atoms with Gasteiger partial charge in [-0.15, -0.1) is 11.8 Å². The Morgan fingerprint density at radius 3 is 2.42 bits per heavy atom. The summed E-state index contributed by atoms with van der Waals surface area (Å²) in [7, 11) is 0. The summed E-state index contributed by atoms with van der Waals surface area (Å²) in [4.78, 5) is 14.5. The van der Waals surface area contributed by atoms with E-state index in [1.54, 1.807) is 24.0 Å². The average Bonchev–Trinajstić information content (AvgIpc) is 1.91. The van der Waals surface area contributed by atoms with Gasteiger partial charge in [0, 0.05) is 21.9 Å². The minimum absolute atomic E-state index is 0.0479. The van der Waals surface area contributed by atoms with Crippen molar-refractivity contribution in [2.24, 2.45) is 0 Å². The van der Waals surface area contributed by atoms with Crippen molar-refractivity contribution in [2.75, 3.05) is 0 Å². The maximum absolute atomic E-state index is 10.7. The van der Waals surface area contributed by atoms with Gasteiger partial charge in [0.15, 0.2) is 0 Å². The Labute approximate surface area is 76.4 Å². The zero-order valence-electron chi connectivity index (χ0n) is 7.55. The van der Waals surface area contributed by atoms with Crippen molar-refractivity contribution in [1.29, 1.82) is 0 Å². The summed E-state index contributed by atoms with van der Waals surface area (Å²) in [5, 5.41) is 0. The second-order valence-corrected chi connectivity index (χ2v) is 5.50. The van der Waals surface area contributed by atoms with E-state index in [1.165, 1.54) is 0 Å². The lowest BCUT2D eigenvalue weighted by Crippen LogP contribution is -2.08. The van der Waals surface area contributed by atoms with Crippen LogP contribution >= 0.6 is 11.8 Å². The molecule has 0 unspecified atom stereocenters. The molecule has 12 heavy (non-hydrogen) atoms. The normalized spacial score (nSPS) is 11.6. The van der Waals surface area contributed by atoms with E-state index >= 15 is 0 Å². The molecule has 0 amide bonds. The van der Waals surface area contributed by atoms with Crippen LogP contribution in [0.25, 0.3) is 0 Å². The molecule has 0 spiro atoms. The van der Waals surface area contributed by atoms with E-state index in [0.717, 1.165) is 4.90 Å². The van der Waals surface area contributed by atoms with Crippen LogP contribution in [0.15, 0.2) is 28.0 Å². The minimum atomic E-state index is -0.0479. The third-order valence-corrected chi connectivity index (χ3v) is 2.28. The molecule has 2 nitrogen and oxygen atoms in total. The van der Waals surface area contributed by atoms with E-state index in [1.807, 2.05) is 6.07 Å². The summed E-state index contributed by atoms with van der Waals surface area (Å²) in [6.45, 7) is 6.42. The van der Waals surface area contributed by atoms with Gasteiger partial charge in [0.25, 0.3) is 0 Å². The Kier molecular flexibility index (Phi) is 2.62. The van der Waals surface area contributed by atoms with Crippen LogP contribution in [0, 0.1) is 0 Å². The predicted octanol–water partition coefficient (Wildman–Crippen LogP) is 2.27. The first-order chi connectivity index (χ1) is 5.47. The summed E-state index contributed by atoms with van der Waals surface area (Å²) in [5.74, 6) is 0. The van der Waals surface area contributed by atoms with Gasteiger partial charge in [-0.25, -0.2) is 0 Å². The second-order valence-electron chi connectivity index (χ2n) is 3.60. The highest BCUT2D eigenvalue weighted by atomic mass is 32.2. The molecule has 0 radical (unpaired) electrons. The first kappa shape index (κ1) is 9.39. The van der Waals surface area contributed by atoms with Crippen LogP contribution in [0.3, 0.4) is 0 Å². The fourth-order valence-electron chi connectivity index (χ4n) is 0.813. The summed E-state index contributed by atoms with van der Waals surface area (Å²) >= 11 is 1.74. The molecule has 1 heterocycles. The molecular formula is C9H13NOS. The zero-order valence-corrected chi connectivity index (χ0v) is 8.37. The molecule has 1 rings (SSSR count). The highest BCUT2D eigenvalue weighted by Crippen LogP contribution is 2.30. The van der Waals surface area contributed by atoms with E-state index in [9.17, 15) is 4.79 Å². The van der Waals surface area contributed by atoms with Crippen molar-refractivity contribution in [2.45, 2.75) is 30.4 Å². The standard InChI is InChI=1S/C9H13NOS/c1-9(2,3)12-7-4-5-8(11)10-6-7/h4-6H,1-3H3,(H,10,11). The first-order valence-electron chi connectivity index (χ1n) is 3.85. The fourth-order valence-corrected chi connectivity index (χ4v) is 1.77. The molecule has 0 aliphatic rings. The molecule has 3 heteroatoms. The summed E-state index contributed by atoms with van der Waals surface area (Å²) in [5.41, 5.74) is -0.0479. The monoisotopic (exact) mass is 183 g/mol. The molecule has 0 saturated heterocycles. The van der Waals surface area contributed by atoms with Gasteiger partial charge in [-0.2, -0.15) is 0 Å². The molecule has 1 N–H and O–H groups in total. The first-order valence-corrected chi connectivity index (χ1v) is 4.67. The average molecular weight is 183 g/mol. The van der Waals surface area contributed by atoms with Crippen LogP contribution in [0.1, 0.15) is 20.8 Å². The summed E-state index contributed by atoms with van der Waals surface area (Å²) in [6.07, 6.45) is 1.75. The number of thioether (sulfide) groups is 1. The lowest BCUT2D eigenvalue weighted by Gasteiger charge is -2.16. The van der Waals surface area contributed by atoms with Crippen LogP contribution in [0.4, 0.5) is 0 Å². The molecule has 0 saturated carbocycles. The maximum atomic E-state index is 10.7. The van der Waals surface area contributed by atoms with Gasteiger partial charge in [0.05, 0.1) is 0 Å². The van der Waals surface area contributed by atoms with E-state index in [-0.39, 0.29) is 10.3 Å². The number of H-pyrrole nitrogens is 1. The van der Waals surface area contributed by atoms with E-state index in [4.69, 9.17) is 0 Å². The Morgan fingerprint density at radius 2 is 2.00 bits per heavy atom. The molecule has 0 aliphatic carbocycles. The Hall–Kier alpha value is -0.700. The van der Waals surface area contributed by atoms with Gasteiger partial charge >= 0.3 is 0 Å². The van der Waals surface area contributed by atoms with E-state index in [0.29, 0.717) is 0 Å². The molecule has 1 aromatic heterocycles. The predicted molar refractivity (Wildman–Crippen MR) is 52.7 cm³/mol. The molecular weight excluding hydrogens is 170 g/mol. The summed E-state index contributed by atoms with van der Waals surface area (Å²) < 4.78 is 0.193. The quantitative estimate of drug-likeness (QED) is 0.677. The molecule has 66 valence electrons. The lowest BCUT2D eigenvalue weighted by atomic mass is 10.3. The number of aromatic amines is 1. The van der Waals surface area contributed by atoms with Crippen molar-refractivity contribution in [1.82, 2.24) is 4.98 Å². The molecule has 0 bridgehead atoms. The van der Waals surface area contributed by atoms with Gasteiger partial charge in [-0.05, 0) is 6.07 Å². The number of aromatic nitrogens is 1. The second kappa shape index (κ2) is 3.35. The molecule has 0 aliphatic heterocycles. The van der Waals surface area contributed by atoms with Crippen LogP contribution in [0.2, 0.25) is 0 Å². The van der Waals surface area contributed by atoms with Gasteiger partial charge in [-0.1, -0.05) is 20.8 Å². The highest BCUT2D eigenvalue weighted by molar-refractivity contribution is 8.00. The van der Waals surface area contributed by atoms with Crippen LogP contribution < -0.4 is 5.56 Å². The SMILES string of the molecule is CC(C)(C)Sc1ccc(=O)[nH]c1. The maximum Gasteiger partial charge on any atom is 0.247 e. The molecule has 1 aromatic rings. The number of rotatable bonds is 1. The topological polar surface area (TPSA) is 32.9 Å². The van der Waals surface area contributed by atoms with E-state index < -0.39 is 0 Å². The minimum Gasteiger partial charge on any atom is -0.328 e. The van der Waals surface area contributed by atoms with Crippen molar-refractivity contribution in [3.05, 3.63) is 28.7 Å². The third kappa shape index (κ3) is 3.13. The number of pyridine rings is 1. The smallest absolute Gasteiger partial charge is 0.247 e. The highest BCUT2D eigenvalue weighted by Gasteiger charge is 2.11. The lowest BCUT2D eigenvalue weighted by molar-refractivity contribution is 0.802. The molecule has 0 aromatic carbocycles. The van der Waals surface area contributed by atoms with Crippen LogP contribution in [0.5, 0.6) is 0 Å². The van der Waals surface area contributed by atoms with Gasteiger partial charge in [0.2, 0.25) is 5.56 Å². The van der Waals surface area contributed by atoms with Crippen molar-refractivity contribution >= 4 is 11.8 Å². The number of nitrogens with one attached hydrogen (secondary N) is 1. The number of hydrogen-bond donors (Lipinski definition) is 1. The molecule has 0 fully saturated rings. The third-order valence-electron chi connectivity index (χ3n) is 1.18. The largest absolute Gasteiger partial charge is 0.328 e. The number of hydrogen-bond acceptors (Lipinski definition) is 2. The van der Waals surface area contributed by atoms with Crippen molar-refractivity contribution in [3.8, 4) is 0 Å². The van der Waals surface area contributed by atoms with Crippen LogP contribution in [-0.4, -0.2) is 9.73 Å². The van der Waals surface area contributed by atoms with Crippen LogP contribution in [-0.2, 0) is 0 Å². The zero-order chi connectivity index (χ0) is 9.19. The van der Waals surface area contributed by atoms with Crippen molar-refractivity contribution < 1.29 is 0 Å². The Bertz CT molecular complexity index is 291. The fraction of sp³-hybridized carbons (Fsp3) is 0.444. The van der Waals surface area contributed by atoms with Crippen molar-refractivity contribution in [3.63, 3.8) is 0 Å². The van der Waals surface area contributed by atoms with Gasteiger partial charge in [0.1, 0.15) is 0 Å². The molecule has 0 atom stereocenters. The summed E-state index contributed by atoms with van der Waals surface area (Å²) in [6, 6.07) is 3.39. The van der Waals surface area contributed by atoms with Gasteiger partial charge < -0.3 is 4.98 Å². The Balaban J connectivity index is 2.78.